The Bertz CT molecular complexity index is 2630. The van der Waals surface area contributed by atoms with Crippen LogP contribution in [0.5, 0.6) is 0 Å². The molecule has 8 aromatic rings. The number of hydrogen-bond acceptors (Lipinski definition) is 2. The van der Waals surface area contributed by atoms with Gasteiger partial charge in [-0.15, -0.1) is 11.3 Å². The monoisotopic (exact) mass is 633 g/mol. The number of benzene rings is 7. The van der Waals surface area contributed by atoms with Gasteiger partial charge in [-0.1, -0.05) is 125 Å². The first-order chi connectivity index (χ1) is 23.3. The van der Waals surface area contributed by atoms with Crippen LogP contribution in [-0.4, -0.2) is 0 Å². The Morgan fingerprint density at radius 3 is 1.96 bits per heavy atom. The molecule has 1 nitrogen and oxygen atoms in total. The minimum Gasteiger partial charge on any atom is -0.310 e. The molecule has 2 aliphatic carbocycles. The zero-order valence-electron chi connectivity index (χ0n) is 27.6. The number of anilines is 3. The molecule has 10 rings (SSSR count). The Kier molecular flexibility index (Phi) is 5.63. The van der Waals surface area contributed by atoms with Gasteiger partial charge in [0.05, 0.1) is 0 Å². The standard InChI is InChI=1S/C46H35NS/c1-45(2)39-23-20-31(26-37(39)43-40(45)24-22-36-35-14-8-10-16-42(35)48-44(36)43)47(30-18-17-28-11-5-6-12-29(28)25-30)32-19-21-34-33-13-7-9-15-38(33)46(3,4)41(34)27-32/h5-27H,1-4H3. The fourth-order valence-electron chi connectivity index (χ4n) is 8.74. The first-order valence-electron chi connectivity index (χ1n) is 16.9. The third kappa shape index (κ3) is 3.72. The summed E-state index contributed by atoms with van der Waals surface area (Å²) in [5, 5.41) is 5.20. The summed E-state index contributed by atoms with van der Waals surface area (Å²) in [5.74, 6) is 0. The third-order valence-electron chi connectivity index (χ3n) is 11.2. The van der Waals surface area contributed by atoms with E-state index < -0.39 is 0 Å². The molecular formula is C46H35NS. The van der Waals surface area contributed by atoms with Crippen molar-refractivity contribution in [2.75, 3.05) is 4.90 Å². The van der Waals surface area contributed by atoms with Gasteiger partial charge in [0.1, 0.15) is 0 Å². The van der Waals surface area contributed by atoms with Crippen LogP contribution in [0.2, 0.25) is 0 Å². The molecule has 0 aliphatic heterocycles. The number of rotatable bonds is 3. The van der Waals surface area contributed by atoms with Crippen molar-refractivity contribution in [3.8, 4) is 22.3 Å². The lowest BCUT2D eigenvalue weighted by Crippen LogP contribution is -2.17. The Morgan fingerprint density at radius 2 is 1.06 bits per heavy atom. The second-order valence-corrected chi connectivity index (χ2v) is 15.6. The van der Waals surface area contributed by atoms with Gasteiger partial charge in [-0.3, -0.25) is 0 Å². The molecule has 0 radical (unpaired) electrons. The third-order valence-corrected chi connectivity index (χ3v) is 12.4. The van der Waals surface area contributed by atoms with Crippen molar-refractivity contribution < 1.29 is 0 Å². The highest BCUT2D eigenvalue weighted by atomic mass is 32.1. The maximum atomic E-state index is 2.47. The topological polar surface area (TPSA) is 3.24 Å². The average molecular weight is 634 g/mol. The first-order valence-corrected chi connectivity index (χ1v) is 17.8. The lowest BCUT2D eigenvalue weighted by molar-refractivity contribution is 0.660. The molecule has 0 fully saturated rings. The normalized spacial score (nSPS) is 15.0. The van der Waals surface area contributed by atoms with Gasteiger partial charge in [0.25, 0.3) is 0 Å². The zero-order valence-corrected chi connectivity index (χ0v) is 28.5. The largest absolute Gasteiger partial charge is 0.310 e. The second-order valence-electron chi connectivity index (χ2n) is 14.6. The highest BCUT2D eigenvalue weighted by Gasteiger charge is 2.38. The van der Waals surface area contributed by atoms with Gasteiger partial charge in [0, 0.05) is 53.6 Å². The summed E-state index contributed by atoms with van der Waals surface area (Å²) in [4.78, 5) is 2.47. The summed E-state index contributed by atoms with van der Waals surface area (Å²) >= 11 is 1.93. The maximum absolute atomic E-state index is 2.47. The Morgan fingerprint density at radius 1 is 0.438 bits per heavy atom. The van der Waals surface area contributed by atoms with Gasteiger partial charge >= 0.3 is 0 Å². The molecule has 0 bridgehead atoms. The van der Waals surface area contributed by atoms with Crippen LogP contribution in [0.25, 0.3) is 53.2 Å². The Labute approximate surface area is 285 Å². The molecule has 2 heteroatoms. The van der Waals surface area contributed by atoms with E-state index in [1.807, 2.05) is 11.3 Å². The molecule has 0 saturated carbocycles. The van der Waals surface area contributed by atoms with Crippen LogP contribution in [0.4, 0.5) is 17.1 Å². The van der Waals surface area contributed by atoms with Crippen molar-refractivity contribution >= 4 is 59.3 Å². The number of nitrogens with zero attached hydrogens (tertiary/aromatic N) is 1. The van der Waals surface area contributed by atoms with Crippen molar-refractivity contribution in [2.45, 2.75) is 38.5 Å². The van der Waals surface area contributed by atoms with E-state index in [4.69, 9.17) is 0 Å². The molecule has 0 N–H and O–H groups in total. The molecule has 0 unspecified atom stereocenters. The van der Waals surface area contributed by atoms with Crippen molar-refractivity contribution in [1.82, 2.24) is 0 Å². The number of hydrogen-bond donors (Lipinski definition) is 0. The van der Waals surface area contributed by atoms with E-state index in [1.165, 1.54) is 92.5 Å². The molecule has 7 aromatic carbocycles. The van der Waals surface area contributed by atoms with Gasteiger partial charge in [-0.05, 0) is 92.2 Å². The van der Waals surface area contributed by atoms with E-state index in [2.05, 4.69) is 172 Å². The summed E-state index contributed by atoms with van der Waals surface area (Å²) in [7, 11) is 0. The Balaban J connectivity index is 1.22. The zero-order chi connectivity index (χ0) is 32.4. The smallest absolute Gasteiger partial charge is 0.0468 e. The number of fused-ring (bicyclic) bond motifs is 11. The molecule has 0 spiro atoms. The predicted molar refractivity (Wildman–Crippen MR) is 207 cm³/mol. The minimum absolute atomic E-state index is 0.0787. The lowest BCUT2D eigenvalue weighted by atomic mass is 9.82. The van der Waals surface area contributed by atoms with Crippen LogP contribution < -0.4 is 4.90 Å². The summed E-state index contributed by atoms with van der Waals surface area (Å²) in [6, 6.07) is 52.4. The van der Waals surface area contributed by atoms with Crippen LogP contribution in [0.1, 0.15) is 49.9 Å². The van der Waals surface area contributed by atoms with Gasteiger partial charge in [0.15, 0.2) is 0 Å². The van der Waals surface area contributed by atoms with E-state index in [9.17, 15) is 0 Å². The molecule has 0 saturated heterocycles. The summed E-state index contributed by atoms with van der Waals surface area (Å²) in [6.07, 6.45) is 0. The molecule has 2 aliphatic rings. The molecule has 1 heterocycles. The Hall–Kier alpha value is -5.18. The molecule has 0 atom stereocenters. The van der Waals surface area contributed by atoms with Crippen LogP contribution in [0, 0.1) is 0 Å². The SMILES string of the molecule is CC1(C)c2ccccc2-c2ccc(N(c3ccc4c(c3)-c3c(ccc5c3sc3ccccc35)C4(C)C)c3ccc4ccccc4c3)cc21. The average Bonchev–Trinajstić information content (AvgIpc) is 3.68. The van der Waals surface area contributed by atoms with Crippen molar-refractivity contribution in [3.63, 3.8) is 0 Å². The number of thiophene rings is 1. The van der Waals surface area contributed by atoms with Crippen molar-refractivity contribution in [1.29, 1.82) is 0 Å². The highest BCUT2D eigenvalue weighted by molar-refractivity contribution is 7.26. The van der Waals surface area contributed by atoms with Crippen LogP contribution in [0.3, 0.4) is 0 Å². The fourth-order valence-corrected chi connectivity index (χ4v) is 10.0. The van der Waals surface area contributed by atoms with E-state index in [0.29, 0.717) is 0 Å². The molecule has 0 amide bonds. The van der Waals surface area contributed by atoms with Crippen molar-refractivity contribution in [2.24, 2.45) is 0 Å². The molecule has 48 heavy (non-hydrogen) atoms. The molecule has 1 aromatic heterocycles. The molecule has 230 valence electrons. The maximum Gasteiger partial charge on any atom is 0.0468 e. The van der Waals surface area contributed by atoms with E-state index in [0.717, 1.165) is 0 Å². The van der Waals surface area contributed by atoms with Gasteiger partial charge < -0.3 is 4.90 Å². The summed E-state index contributed by atoms with van der Waals surface area (Å²) < 4.78 is 2.75. The summed E-state index contributed by atoms with van der Waals surface area (Å²) in [5.41, 5.74) is 14.4. The van der Waals surface area contributed by atoms with Gasteiger partial charge in [-0.2, -0.15) is 0 Å². The fraction of sp³-hybridized carbons (Fsp3) is 0.130. The lowest BCUT2D eigenvalue weighted by Gasteiger charge is -2.29. The summed E-state index contributed by atoms with van der Waals surface area (Å²) in [6.45, 7) is 9.51. The second kappa shape index (κ2) is 9.69. The molecular weight excluding hydrogens is 599 g/mol. The van der Waals surface area contributed by atoms with Crippen molar-refractivity contribution in [3.05, 3.63) is 162 Å². The quantitative estimate of drug-likeness (QED) is 0.187. The van der Waals surface area contributed by atoms with Gasteiger partial charge in [-0.25, -0.2) is 0 Å². The first kappa shape index (κ1) is 27.9. The van der Waals surface area contributed by atoms with E-state index >= 15 is 0 Å². The van der Waals surface area contributed by atoms with E-state index in [-0.39, 0.29) is 10.8 Å². The van der Waals surface area contributed by atoms with Crippen LogP contribution in [-0.2, 0) is 10.8 Å². The highest BCUT2D eigenvalue weighted by Crippen LogP contribution is 2.56. The van der Waals surface area contributed by atoms with Gasteiger partial charge in [0.2, 0.25) is 0 Å². The predicted octanol–water partition coefficient (Wildman–Crippen LogP) is 13.3. The minimum atomic E-state index is -0.0787. The van der Waals surface area contributed by atoms with E-state index in [1.54, 1.807) is 0 Å². The van der Waals surface area contributed by atoms with Crippen LogP contribution in [0.15, 0.2) is 140 Å². The van der Waals surface area contributed by atoms with Crippen LogP contribution >= 0.6 is 11.3 Å².